The maximum absolute atomic E-state index is 12.5. The summed E-state index contributed by atoms with van der Waals surface area (Å²) in [6.07, 6.45) is 7.48. The molecule has 4 aliphatic carbocycles. The third-order valence-electron chi connectivity index (χ3n) is 8.17. The van der Waals surface area contributed by atoms with Crippen LogP contribution < -0.4 is 10.6 Å². The van der Waals surface area contributed by atoms with E-state index in [1.165, 1.54) is 12.8 Å². The first-order valence-electron chi connectivity index (χ1n) is 12.8. The molecule has 1 heterocycles. The number of nitrogens with one attached hydrogen (secondary N) is 2. The Morgan fingerprint density at radius 2 is 1.91 bits per heavy atom. The third kappa shape index (κ3) is 4.63. The van der Waals surface area contributed by atoms with Crippen molar-refractivity contribution in [2.45, 2.75) is 70.9 Å². The first-order valence-corrected chi connectivity index (χ1v) is 12.8. The van der Waals surface area contributed by atoms with Crippen molar-refractivity contribution in [3.8, 4) is 0 Å². The van der Waals surface area contributed by atoms with E-state index in [0.29, 0.717) is 36.2 Å². The fourth-order valence-corrected chi connectivity index (χ4v) is 6.77. The van der Waals surface area contributed by atoms with Crippen molar-refractivity contribution >= 4 is 23.4 Å². The van der Waals surface area contributed by atoms with Crippen LogP contribution >= 0.6 is 0 Å². The second kappa shape index (κ2) is 9.17. The SMILES string of the molecule is CCN(CC)C(=O)Cc1cccc(Nc2ncc(C)c(NC3C4CC5CC3CC(O)(C5)C4)n2)c1. The molecule has 2 aromatic rings. The van der Waals surface area contributed by atoms with Crippen LogP contribution in [0.3, 0.4) is 0 Å². The number of rotatable bonds is 8. The van der Waals surface area contributed by atoms with Gasteiger partial charge in [0.15, 0.2) is 0 Å². The molecule has 4 aliphatic rings. The summed E-state index contributed by atoms with van der Waals surface area (Å²) in [6, 6.07) is 8.28. The second-order valence-electron chi connectivity index (χ2n) is 10.7. The predicted molar refractivity (Wildman–Crippen MR) is 134 cm³/mol. The van der Waals surface area contributed by atoms with Crippen LogP contribution in [0.4, 0.5) is 17.5 Å². The number of aliphatic hydroxyl groups is 1. The van der Waals surface area contributed by atoms with Gasteiger partial charge in [-0.3, -0.25) is 4.79 Å². The molecule has 1 amide bonds. The summed E-state index contributed by atoms with van der Waals surface area (Å²) in [5, 5.41) is 18.0. The predicted octanol–water partition coefficient (Wildman–Crippen LogP) is 4.29. The molecule has 34 heavy (non-hydrogen) atoms. The summed E-state index contributed by atoms with van der Waals surface area (Å²) in [7, 11) is 0. The molecule has 2 atom stereocenters. The molecule has 0 saturated heterocycles. The maximum Gasteiger partial charge on any atom is 0.229 e. The van der Waals surface area contributed by atoms with Crippen LogP contribution in [-0.4, -0.2) is 50.6 Å². The largest absolute Gasteiger partial charge is 0.390 e. The van der Waals surface area contributed by atoms with E-state index >= 15 is 0 Å². The lowest BCUT2D eigenvalue weighted by molar-refractivity contribution is -0.130. The lowest BCUT2D eigenvalue weighted by Gasteiger charge is -2.58. The number of amides is 1. The third-order valence-corrected chi connectivity index (χ3v) is 8.17. The molecule has 0 aliphatic heterocycles. The minimum absolute atomic E-state index is 0.139. The number of nitrogens with zero attached hydrogens (tertiary/aromatic N) is 3. The standard InChI is InChI=1S/C27H37N5O2/c1-4-32(5-2)23(33)12-18-7-6-8-22(11-18)29-26-28-16-17(3)25(31-26)30-24-20-9-19-10-21(24)15-27(34,13-19)14-20/h6-8,11,16,19-21,24,34H,4-5,9-10,12-15H2,1-3H3,(H2,28,29,30,31). The lowest BCUT2D eigenvalue weighted by Crippen LogP contribution is -2.59. The minimum Gasteiger partial charge on any atom is -0.390 e. The van der Waals surface area contributed by atoms with Crippen molar-refractivity contribution in [1.29, 1.82) is 0 Å². The van der Waals surface area contributed by atoms with Crippen molar-refractivity contribution in [2.24, 2.45) is 17.8 Å². The number of likely N-dealkylation sites (N-methyl/N-ethyl adjacent to an activating group) is 1. The first-order chi connectivity index (χ1) is 16.4. The topological polar surface area (TPSA) is 90.4 Å². The first kappa shape index (κ1) is 23.1. The number of hydrogen-bond acceptors (Lipinski definition) is 6. The summed E-state index contributed by atoms with van der Waals surface area (Å²) in [4.78, 5) is 23.7. The number of carbonyl (C=O) groups is 1. The molecule has 1 aromatic carbocycles. The van der Waals surface area contributed by atoms with Crippen LogP contribution in [-0.2, 0) is 11.2 Å². The molecule has 0 spiro atoms. The Morgan fingerprint density at radius 3 is 2.59 bits per heavy atom. The summed E-state index contributed by atoms with van der Waals surface area (Å²) in [5.74, 6) is 3.27. The molecule has 182 valence electrons. The Labute approximate surface area is 202 Å². The quantitative estimate of drug-likeness (QED) is 0.541. The van der Waals surface area contributed by atoms with Gasteiger partial charge < -0.3 is 20.6 Å². The zero-order valence-corrected chi connectivity index (χ0v) is 20.6. The Kier molecular flexibility index (Phi) is 6.23. The molecule has 4 fully saturated rings. The summed E-state index contributed by atoms with van der Waals surface area (Å²) >= 11 is 0. The molecule has 3 N–H and O–H groups in total. The van der Waals surface area contributed by atoms with E-state index < -0.39 is 5.60 Å². The average molecular weight is 464 g/mol. The highest BCUT2D eigenvalue weighted by atomic mass is 16.3. The van der Waals surface area contributed by atoms with Gasteiger partial charge in [0, 0.05) is 36.6 Å². The summed E-state index contributed by atoms with van der Waals surface area (Å²) in [6.45, 7) is 7.50. The van der Waals surface area contributed by atoms with Crippen LogP contribution in [0.5, 0.6) is 0 Å². The van der Waals surface area contributed by atoms with Crippen LogP contribution in [0.2, 0.25) is 0 Å². The van der Waals surface area contributed by atoms with Crippen molar-refractivity contribution in [2.75, 3.05) is 23.7 Å². The fourth-order valence-electron chi connectivity index (χ4n) is 6.77. The van der Waals surface area contributed by atoms with Crippen LogP contribution in [0.15, 0.2) is 30.5 Å². The minimum atomic E-state index is -0.431. The van der Waals surface area contributed by atoms with E-state index in [-0.39, 0.29) is 5.91 Å². The molecule has 1 aromatic heterocycles. The van der Waals surface area contributed by atoms with Gasteiger partial charge in [-0.25, -0.2) is 4.98 Å². The van der Waals surface area contributed by atoms with Crippen LogP contribution in [0, 0.1) is 24.7 Å². The molecular formula is C27H37N5O2. The van der Waals surface area contributed by atoms with Gasteiger partial charge in [-0.15, -0.1) is 0 Å². The molecule has 2 unspecified atom stereocenters. The lowest BCUT2D eigenvalue weighted by atomic mass is 9.52. The smallest absolute Gasteiger partial charge is 0.229 e. The van der Waals surface area contributed by atoms with Crippen LogP contribution in [0.25, 0.3) is 0 Å². The van der Waals surface area contributed by atoms with Crippen molar-refractivity contribution < 1.29 is 9.90 Å². The highest BCUT2D eigenvalue weighted by Gasteiger charge is 2.54. The van der Waals surface area contributed by atoms with E-state index in [0.717, 1.165) is 55.0 Å². The normalized spacial score (nSPS) is 29.2. The molecule has 4 bridgehead atoms. The molecule has 7 nitrogen and oxygen atoms in total. The number of aromatic nitrogens is 2. The van der Waals surface area contributed by atoms with Gasteiger partial charge in [-0.1, -0.05) is 12.1 Å². The number of benzene rings is 1. The van der Waals surface area contributed by atoms with E-state index in [9.17, 15) is 9.90 Å². The van der Waals surface area contributed by atoms with E-state index in [4.69, 9.17) is 4.98 Å². The Balaban J connectivity index is 1.28. The molecule has 4 saturated carbocycles. The molecule has 6 rings (SSSR count). The summed E-state index contributed by atoms with van der Waals surface area (Å²) in [5.41, 5.74) is 2.44. The monoisotopic (exact) mass is 463 g/mol. The van der Waals surface area contributed by atoms with Gasteiger partial charge in [-0.05, 0) is 88.3 Å². The zero-order chi connectivity index (χ0) is 23.9. The van der Waals surface area contributed by atoms with Crippen molar-refractivity contribution in [1.82, 2.24) is 14.9 Å². The average Bonchev–Trinajstić information content (AvgIpc) is 2.78. The second-order valence-corrected chi connectivity index (χ2v) is 10.7. The molecule has 0 radical (unpaired) electrons. The van der Waals surface area contributed by atoms with Gasteiger partial charge in [0.25, 0.3) is 0 Å². The summed E-state index contributed by atoms with van der Waals surface area (Å²) < 4.78 is 0. The highest BCUT2D eigenvalue weighted by Crippen LogP contribution is 2.56. The van der Waals surface area contributed by atoms with Gasteiger partial charge in [-0.2, -0.15) is 4.98 Å². The molecule has 7 heteroatoms. The van der Waals surface area contributed by atoms with E-state index in [1.807, 2.05) is 56.1 Å². The van der Waals surface area contributed by atoms with Gasteiger partial charge >= 0.3 is 0 Å². The maximum atomic E-state index is 12.5. The van der Waals surface area contributed by atoms with E-state index in [1.54, 1.807) is 0 Å². The van der Waals surface area contributed by atoms with Gasteiger partial charge in [0.05, 0.1) is 12.0 Å². The number of anilines is 3. The highest BCUT2D eigenvalue weighted by molar-refractivity contribution is 5.79. The zero-order valence-electron chi connectivity index (χ0n) is 20.6. The van der Waals surface area contributed by atoms with Crippen molar-refractivity contribution in [3.63, 3.8) is 0 Å². The van der Waals surface area contributed by atoms with Gasteiger partial charge in [0.1, 0.15) is 5.82 Å². The number of hydrogen-bond donors (Lipinski definition) is 3. The Bertz CT molecular complexity index is 1040. The number of aryl methyl sites for hydroxylation is 1. The Hall–Kier alpha value is -2.67. The fraction of sp³-hybridized carbons (Fsp3) is 0.593. The van der Waals surface area contributed by atoms with Gasteiger partial charge in [0.2, 0.25) is 11.9 Å². The van der Waals surface area contributed by atoms with E-state index in [2.05, 4.69) is 15.6 Å². The molecular weight excluding hydrogens is 426 g/mol. The number of carbonyl (C=O) groups excluding carboxylic acids is 1. The Morgan fingerprint density at radius 1 is 1.18 bits per heavy atom. The van der Waals surface area contributed by atoms with Crippen molar-refractivity contribution in [3.05, 3.63) is 41.6 Å². The van der Waals surface area contributed by atoms with Crippen LogP contribution in [0.1, 0.15) is 57.1 Å².